The van der Waals surface area contributed by atoms with E-state index in [4.69, 9.17) is 4.74 Å². The molecule has 0 saturated carbocycles. The zero-order valence-corrected chi connectivity index (χ0v) is 13.9. The first-order valence-electron chi connectivity index (χ1n) is 6.90. The second kappa shape index (κ2) is 7.52. The number of rotatable bonds is 6. The molecule has 0 aliphatic heterocycles. The zero-order chi connectivity index (χ0) is 17.7. The number of benzene rings is 2. The van der Waals surface area contributed by atoms with E-state index >= 15 is 0 Å². The van der Waals surface area contributed by atoms with Gasteiger partial charge in [-0.15, -0.1) is 0 Å². The summed E-state index contributed by atoms with van der Waals surface area (Å²) in [5.74, 6) is -1.24. The lowest BCUT2D eigenvalue weighted by Gasteiger charge is -2.14. The second-order valence-corrected chi connectivity index (χ2v) is 6.73. The quantitative estimate of drug-likeness (QED) is 0.589. The van der Waals surface area contributed by atoms with Gasteiger partial charge in [-0.2, -0.15) is 0 Å². The van der Waals surface area contributed by atoms with Crippen LogP contribution in [0.15, 0.2) is 53.4 Å². The second-order valence-electron chi connectivity index (χ2n) is 4.79. The van der Waals surface area contributed by atoms with Gasteiger partial charge in [-0.25, -0.2) is 17.6 Å². The first kappa shape index (κ1) is 18.1. The van der Waals surface area contributed by atoms with Gasteiger partial charge in [-0.1, -0.05) is 28.7 Å². The number of carbonyl (C=O) groups is 1. The molecule has 0 N–H and O–H groups in total. The number of esters is 1. The first-order chi connectivity index (χ1) is 11.4. The van der Waals surface area contributed by atoms with Crippen molar-refractivity contribution < 1.29 is 27.2 Å². The van der Waals surface area contributed by atoms with Crippen LogP contribution in [0.25, 0.3) is 0 Å². The molecule has 0 aliphatic carbocycles. The summed E-state index contributed by atoms with van der Waals surface area (Å²) < 4.78 is 43.5. The van der Waals surface area contributed by atoms with Crippen molar-refractivity contribution in [3.8, 4) is 0 Å². The summed E-state index contributed by atoms with van der Waals surface area (Å²) in [5.41, 5.74) is 0.269. The third-order valence-corrected chi connectivity index (χ3v) is 4.96. The van der Waals surface area contributed by atoms with Crippen molar-refractivity contribution in [1.82, 2.24) is 4.47 Å². The van der Waals surface area contributed by atoms with Gasteiger partial charge in [0.15, 0.2) is 0 Å². The van der Waals surface area contributed by atoms with Gasteiger partial charge in [0.25, 0.3) is 10.0 Å². The van der Waals surface area contributed by atoms with Crippen LogP contribution in [0.5, 0.6) is 0 Å². The highest BCUT2D eigenvalue weighted by Gasteiger charge is 2.22. The van der Waals surface area contributed by atoms with E-state index < -0.39 is 21.8 Å². The first-order valence-corrected chi connectivity index (χ1v) is 8.34. The minimum Gasteiger partial charge on any atom is -0.457 e. The van der Waals surface area contributed by atoms with Gasteiger partial charge in [0.1, 0.15) is 12.4 Å². The Morgan fingerprint density at radius 1 is 1.17 bits per heavy atom. The Hall–Kier alpha value is -2.29. The third-order valence-electron chi connectivity index (χ3n) is 3.28. The molecular weight excluding hydrogens is 337 g/mol. The summed E-state index contributed by atoms with van der Waals surface area (Å²) in [6.45, 7) is -0.250. The van der Waals surface area contributed by atoms with Gasteiger partial charge < -0.3 is 4.74 Å². The number of hydrogen-bond acceptors (Lipinski definition) is 5. The van der Waals surface area contributed by atoms with E-state index in [1.165, 1.54) is 56.6 Å². The van der Waals surface area contributed by atoms with Gasteiger partial charge >= 0.3 is 5.97 Å². The van der Waals surface area contributed by atoms with E-state index in [0.717, 1.165) is 0 Å². The van der Waals surface area contributed by atoms with Crippen molar-refractivity contribution in [2.75, 3.05) is 14.2 Å². The Kier molecular flexibility index (Phi) is 5.66. The molecule has 6 nitrogen and oxygen atoms in total. The third kappa shape index (κ3) is 3.97. The molecule has 0 amide bonds. The van der Waals surface area contributed by atoms with Crippen LogP contribution in [0.2, 0.25) is 0 Å². The molecule has 8 heteroatoms. The standard InChI is InChI=1S/C16H16FNO5S/c1-18(22-2)24(20,21)14-8-5-7-12(10-14)16(19)23-11-13-6-3-4-9-15(13)17/h3-10H,11H2,1-2H3. The molecular formula is C16H16FNO5S. The van der Waals surface area contributed by atoms with E-state index in [1.807, 2.05) is 0 Å². The summed E-state index contributed by atoms with van der Waals surface area (Å²) >= 11 is 0. The summed E-state index contributed by atoms with van der Waals surface area (Å²) in [6.07, 6.45) is 0. The number of sulfonamides is 1. The van der Waals surface area contributed by atoms with Gasteiger partial charge in [0.05, 0.1) is 17.6 Å². The van der Waals surface area contributed by atoms with Crippen molar-refractivity contribution >= 4 is 16.0 Å². The molecule has 0 saturated heterocycles. The number of nitrogens with zero attached hydrogens (tertiary/aromatic N) is 1. The molecule has 24 heavy (non-hydrogen) atoms. The molecule has 128 valence electrons. The lowest BCUT2D eigenvalue weighted by Crippen LogP contribution is -2.25. The molecule has 0 aromatic heterocycles. The van der Waals surface area contributed by atoms with Crippen molar-refractivity contribution in [2.45, 2.75) is 11.5 Å². The van der Waals surface area contributed by atoms with Gasteiger partial charge in [-0.05, 0) is 24.3 Å². The van der Waals surface area contributed by atoms with Crippen LogP contribution in [-0.4, -0.2) is 33.0 Å². The number of hydroxylamine groups is 1. The molecule has 0 bridgehead atoms. The van der Waals surface area contributed by atoms with Crippen molar-refractivity contribution in [2.24, 2.45) is 0 Å². The molecule has 2 rings (SSSR count). The van der Waals surface area contributed by atoms with Crippen LogP contribution in [0, 0.1) is 5.82 Å². The van der Waals surface area contributed by atoms with Crippen LogP contribution in [-0.2, 0) is 26.2 Å². The lowest BCUT2D eigenvalue weighted by molar-refractivity contribution is -0.0258. The Balaban J connectivity index is 2.17. The molecule has 2 aromatic carbocycles. The van der Waals surface area contributed by atoms with Gasteiger partial charge in [-0.3, -0.25) is 4.84 Å². The zero-order valence-electron chi connectivity index (χ0n) is 13.1. The summed E-state index contributed by atoms with van der Waals surface area (Å²) in [4.78, 5) is 16.6. The van der Waals surface area contributed by atoms with Gasteiger partial charge in [0, 0.05) is 12.6 Å². The number of hydrogen-bond donors (Lipinski definition) is 0. The summed E-state index contributed by atoms with van der Waals surface area (Å²) in [7, 11) is -1.43. The smallest absolute Gasteiger partial charge is 0.338 e. The fraction of sp³-hybridized carbons (Fsp3) is 0.188. The van der Waals surface area contributed by atoms with E-state index in [2.05, 4.69) is 4.84 Å². The van der Waals surface area contributed by atoms with Crippen LogP contribution >= 0.6 is 0 Å². The van der Waals surface area contributed by atoms with E-state index in [9.17, 15) is 17.6 Å². The fourth-order valence-electron chi connectivity index (χ4n) is 1.87. The summed E-state index contributed by atoms with van der Waals surface area (Å²) in [5, 5.41) is 0. The fourth-order valence-corrected chi connectivity index (χ4v) is 2.89. The predicted octanol–water partition coefficient (Wildman–Crippen LogP) is 2.36. The molecule has 0 fully saturated rings. The van der Waals surface area contributed by atoms with Gasteiger partial charge in [0.2, 0.25) is 0 Å². The monoisotopic (exact) mass is 353 g/mol. The highest BCUT2D eigenvalue weighted by Crippen LogP contribution is 2.17. The normalized spacial score (nSPS) is 11.5. The highest BCUT2D eigenvalue weighted by molar-refractivity contribution is 7.89. The Labute approximate surface area is 139 Å². The average molecular weight is 353 g/mol. The number of carbonyl (C=O) groups excluding carboxylic acids is 1. The molecule has 2 aromatic rings. The highest BCUT2D eigenvalue weighted by atomic mass is 32.2. The molecule has 0 heterocycles. The average Bonchev–Trinajstić information content (AvgIpc) is 2.60. The van der Waals surface area contributed by atoms with Crippen LogP contribution in [0.3, 0.4) is 0 Å². The van der Waals surface area contributed by atoms with Crippen molar-refractivity contribution in [3.63, 3.8) is 0 Å². The number of ether oxygens (including phenoxy) is 1. The minimum absolute atomic E-state index is 0.0388. The Morgan fingerprint density at radius 3 is 2.54 bits per heavy atom. The maximum atomic E-state index is 13.5. The summed E-state index contributed by atoms with van der Waals surface area (Å²) in [6, 6.07) is 11.2. The van der Waals surface area contributed by atoms with E-state index in [0.29, 0.717) is 4.47 Å². The van der Waals surface area contributed by atoms with Crippen molar-refractivity contribution in [3.05, 3.63) is 65.5 Å². The molecule has 0 aliphatic rings. The number of halogens is 1. The largest absolute Gasteiger partial charge is 0.457 e. The minimum atomic E-state index is -3.88. The van der Waals surface area contributed by atoms with Crippen LogP contribution in [0.1, 0.15) is 15.9 Å². The SMILES string of the molecule is CON(C)S(=O)(=O)c1cccc(C(=O)OCc2ccccc2F)c1. The van der Waals surface area contributed by atoms with E-state index in [1.54, 1.807) is 6.07 Å². The maximum absolute atomic E-state index is 13.5. The molecule has 0 spiro atoms. The topological polar surface area (TPSA) is 72.9 Å². The lowest BCUT2D eigenvalue weighted by atomic mass is 10.2. The van der Waals surface area contributed by atoms with Crippen molar-refractivity contribution in [1.29, 1.82) is 0 Å². The Bertz CT molecular complexity index is 838. The predicted molar refractivity (Wildman–Crippen MR) is 83.9 cm³/mol. The van der Waals surface area contributed by atoms with E-state index in [-0.39, 0.29) is 22.6 Å². The maximum Gasteiger partial charge on any atom is 0.338 e. The van der Waals surface area contributed by atoms with Crippen LogP contribution in [0.4, 0.5) is 4.39 Å². The Morgan fingerprint density at radius 2 is 1.88 bits per heavy atom. The molecule has 0 radical (unpaired) electrons. The molecule has 0 atom stereocenters. The van der Waals surface area contributed by atoms with Crippen LogP contribution < -0.4 is 0 Å². The molecule has 0 unspecified atom stereocenters.